The van der Waals surface area contributed by atoms with Crippen LogP contribution in [0.3, 0.4) is 0 Å². The summed E-state index contributed by atoms with van der Waals surface area (Å²) in [6, 6.07) is 7.04. The van der Waals surface area contributed by atoms with E-state index in [9.17, 15) is 8.42 Å². The van der Waals surface area contributed by atoms with E-state index in [1.54, 1.807) is 31.2 Å². The van der Waals surface area contributed by atoms with Crippen LogP contribution in [0.4, 0.5) is 0 Å². The zero-order valence-electron chi connectivity index (χ0n) is 7.57. The summed E-state index contributed by atoms with van der Waals surface area (Å²) in [5, 5.41) is 0.0560. The lowest BCUT2D eigenvalue weighted by Gasteiger charge is -2.07. The van der Waals surface area contributed by atoms with E-state index in [-0.39, 0.29) is 0 Å². The van der Waals surface area contributed by atoms with Crippen LogP contribution in [0.25, 0.3) is 0 Å². The maximum Gasteiger partial charge on any atom is 0.235 e. The van der Waals surface area contributed by atoms with Gasteiger partial charge in [0.05, 0.1) is 5.25 Å². The minimum absolute atomic E-state index is 0.406. The van der Waals surface area contributed by atoms with E-state index in [2.05, 4.69) is 0 Å². The van der Waals surface area contributed by atoms with Gasteiger partial charge in [0.25, 0.3) is 0 Å². The highest BCUT2D eigenvalue weighted by atomic mass is 35.7. The highest BCUT2D eigenvalue weighted by molar-refractivity contribution is 8.14. The number of rotatable bonds is 3. The van der Waals surface area contributed by atoms with Crippen molar-refractivity contribution in [1.82, 2.24) is 0 Å². The maximum atomic E-state index is 10.9. The molecule has 0 saturated carbocycles. The molecule has 0 aliphatic carbocycles. The Morgan fingerprint density at radius 2 is 1.79 bits per heavy atom. The lowest BCUT2D eigenvalue weighted by molar-refractivity contribution is 0.597. The summed E-state index contributed by atoms with van der Waals surface area (Å²) >= 11 is 5.69. The molecule has 0 N–H and O–H groups in total. The second-order valence-corrected chi connectivity index (χ2v) is 6.60. The Balaban J connectivity index is 2.75. The van der Waals surface area contributed by atoms with Crippen molar-refractivity contribution in [2.45, 2.75) is 18.6 Å². The molecule has 0 saturated heterocycles. The lowest BCUT2D eigenvalue weighted by atomic mass is 10.1. The monoisotopic (exact) mass is 252 g/mol. The van der Waals surface area contributed by atoms with Gasteiger partial charge >= 0.3 is 0 Å². The predicted molar refractivity (Wildman–Crippen MR) is 59.4 cm³/mol. The Kier molecular flexibility index (Phi) is 3.81. The first-order chi connectivity index (χ1) is 6.39. The van der Waals surface area contributed by atoms with Crippen molar-refractivity contribution in [3.05, 3.63) is 34.9 Å². The van der Waals surface area contributed by atoms with Crippen molar-refractivity contribution in [3.8, 4) is 0 Å². The summed E-state index contributed by atoms with van der Waals surface area (Å²) in [4.78, 5) is 0. The molecule has 0 fully saturated rings. The third kappa shape index (κ3) is 3.48. The van der Waals surface area contributed by atoms with Crippen LogP contribution in [0.5, 0.6) is 0 Å². The average Bonchev–Trinajstić information content (AvgIpc) is 2.07. The molecule has 1 aromatic rings. The fourth-order valence-electron chi connectivity index (χ4n) is 1.05. The Labute approximate surface area is 93.3 Å². The molecular weight excluding hydrogens is 243 g/mol. The topological polar surface area (TPSA) is 34.1 Å². The van der Waals surface area contributed by atoms with E-state index in [0.29, 0.717) is 11.4 Å². The smallest absolute Gasteiger partial charge is 0.212 e. The van der Waals surface area contributed by atoms with Crippen LogP contribution in [0.2, 0.25) is 5.02 Å². The van der Waals surface area contributed by atoms with E-state index in [1.807, 2.05) is 0 Å². The van der Waals surface area contributed by atoms with Gasteiger partial charge < -0.3 is 0 Å². The van der Waals surface area contributed by atoms with Crippen LogP contribution in [0.1, 0.15) is 12.5 Å². The van der Waals surface area contributed by atoms with Gasteiger partial charge in [-0.1, -0.05) is 23.7 Å². The molecular formula is C9H10Cl2O2S. The molecule has 1 rings (SSSR count). The van der Waals surface area contributed by atoms with Crippen molar-refractivity contribution in [1.29, 1.82) is 0 Å². The minimum atomic E-state index is -3.47. The first-order valence-corrected chi connectivity index (χ1v) is 6.82. The lowest BCUT2D eigenvalue weighted by Crippen LogP contribution is -2.14. The van der Waals surface area contributed by atoms with Crippen LogP contribution in [0, 0.1) is 0 Å². The zero-order valence-corrected chi connectivity index (χ0v) is 9.90. The maximum absolute atomic E-state index is 10.9. The fourth-order valence-corrected chi connectivity index (χ4v) is 1.76. The van der Waals surface area contributed by atoms with Gasteiger partial charge in [-0.25, -0.2) is 8.42 Å². The molecule has 1 atom stereocenters. The summed E-state index contributed by atoms with van der Waals surface area (Å²) in [6.45, 7) is 1.58. The van der Waals surface area contributed by atoms with E-state index >= 15 is 0 Å². The molecule has 78 valence electrons. The normalized spacial score (nSPS) is 13.9. The molecule has 2 nitrogen and oxygen atoms in total. The van der Waals surface area contributed by atoms with Crippen molar-refractivity contribution >= 4 is 31.3 Å². The minimum Gasteiger partial charge on any atom is -0.212 e. The van der Waals surface area contributed by atoms with Crippen LogP contribution in [-0.2, 0) is 15.5 Å². The van der Waals surface area contributed by atoms with Crippen LogP contribution in [-0.4, -0.2) is 13.7 Å². The number of benzene rings is 1. The van der Waals surface area contributed by atoms with Crippen molar-refractivity contribution < 1.29 is 8.42 Å². The standard InChI is InChI=1S/C9H10Cl2O2S/c1-7(14(11,12)13)6-8-2-4-9(10)5-3-8/h2-5,7H,6H2,1H3. The molecule has 0 aliphatic rings. The summed E-state index contributed by atoms with van der Waals surface area (Å²) in [5.74, 6) is 0. The van der Waals surface area contributed by atoms with E-state index in [1.165, 1.54) is 0 Å². The first kappa shape index (κ1) is 11.8. The highest BCUT2D eigenvalue weighted by Gasteiger charge is 2.17. The van der Waals surface area contributed by atoms with Gasteiger partial charge in [-0.05, 0) is 31.0 Å². The van der Waals surface area contributed by atoms with E-state index in [0.717, 1.165) is 5.56 Å². The molecule has 1 aromatic carbocycles. The summed E-state index contributed by atoms with van der Waals surface area (Å²) in [5.41, 5.74) is 0.908. The third-order valence-electron chi connectivity index (χ3n) is 1.92. The van der Waals surface area contributed by atoms with Crippen LogP contribution in [0.15, 0.2) is 24.3 Å². The van der Waals surface area contributed by atoms with Crippen molar-refractivity contribution in [3.63, 3.8) is 0 Å². The predicted octanol–water partition coefficient (Wildman–Crippen LogP) is 2.84. The molecule has 0 amide bonds. The van der Waals surface area contributed by atoms with Gasteiger partial charge in [-0.2, -0.15) is 0 Å². The number of halogens is 2. The van der Waals surface area contributed by atoms with Gasteiger partial charge in [-0.15, -0.1) is 0 Å². The SMILES string of the molecule is CC(Cc1ccc(Cl)cc1)S(=O)(=O)Cl. The quantitative estimate of drug-likeness (QED) is 0.776. The second kappa shape index (κ2) is 4.51. The highest BCUT2D eigenvalue weighted by Crippen LogP contribution is 2.15. The molecule has 0 spiro atoms. The number of hydrogen-bond acceptors (Lipinski definition) is 2. The number of hydrogen-bond donors (Lipinski definition) is 0. The van der Waals surface area contributed by atoms with Crippen LogP contribution >= 0.6 is 22.3 Å². The third-order valence-corrected chi connectivity index (χ3v) is 4.21. The Bertz CT molecular complexity index is 397. The van der Waals surface area contributed by atoms with Gasteiger partial charge in [-0.3, -0.25) is 0 Å². The van der Waals surface area contributed by atoms with Crippen molar-refractivity contribution in [2.75, 3.05) is 0 Å². The molecule has 0 radical (unpaired) electrons. The summed E-state index contributed by atoms with van der Waals surface area (Å²) in [6.07, 6.45) is 0.406. The molecule has 14 heavy (non-hydrogen) atoms. The Morgan fingerprint density at radius 1 is 1.29 bits per heavy atom. The summed E-state index contributed by atoms with van der Waals surface area (Å²) < 4.78 is 21.9. The van der Waals surface area contributed by atoms with Crippen LogP contribution < -0.4 is 0 Å². The zero-order chi connectivity index (χ0) is 10.8. The first-order valence-electron chi connectivity index (χ1n) is 4.07. The van der Waals surface area contributed by atoms with Gasteiger partial charge in [0, 0.05) is 15.7 Å². The van der Waals surface area contributed by atoms with Crippen molar-refractivity contribution in [2.24, 2.45) is 0 Å². The largest absolute Gasteiger partial charge is 0.235 e. The van der Waals surface area contributed by atoms with Gasteiger partial charge in [0.15, 0.2) is 0 Å². The average molecular weight is 253 g/mol. The van der Waals surface area contributed by atoms with E-state index < -0.39 is 14.3 Å². The molecule has 0 aliphatic heterocycles. The molecule has 0 aromatic heterocycles. The van der Waals surface area contributed by atoms with Gasteiger partial charge in [0.2, 0.25) is 9.05 Å². The van der Waals surface area contributed by atoms with E-state index in [4.69, 9.17) is 22.3 Å². The fraction of sp³-hybridized carbons (Fsp3) is 0.333. The Morgan fingerprint density at radius 3 is 2.21 bits per heavy atom. The summed E-state index contributed by atoms with van der Waals surface area (Å²) in [7, 11) is 1.74. The second-order valence-electron chi connectivity index (χ2n) is 3.12. The Hall–Kier alpha value is -0.250. The molecule has 0 heterocycles. The molecule has 5 heteroatoms. The molecule has 0 bridgehead atoms. The van der Waals surface area contributed by atoms with Gasteiger partial charge in [0.1, 0.15) is 0 Å². The molecule has 1 unspecified atom stereocenters.